The van der Waals surface area contributed by atoms with Crippen molar-refractivity contribution in [3.63, 3.8) is 0 Å². The molecule has 2 N–H and O–H groups in total. The maximum atomic E-state index is 11.9. The average Bonchev–Trinajstić information content (AvgIpc) is 2.55. The lowest BCUT2D eigenvalue weighted by Crippen LogP contribution is -2.28. The predicted octanol–water partition coefficient (Wildman–Crippen LogP) is 3.47. The van der Waals surface area contributed by atoms with Gasteiger partial charge in [0.25, 0.3) is 10.0 Å². The molecule has 2 rings (SSSR count). The number of halogens is 2. The Morgan fingerprint density at radius 2 is 1.65 bits per heavy atom. The third kappa shape index (κ3) is 5.59. The second kappa shape index (κ2) is 8.35. The van der Waals surface area contributed by atoms with Gasteiger partial charge in [-0.3, -0.25) is 9.59 Å². The van der Waals surface area contributed by atoms with Crippen molar-refractivity contribution in [2.75, 3.05) is 5.32 Å². The molecule has 26 heavy (non-hydrogen) atoms. The first-order valence-electron chi connectivity index (χ1n) is 7.25. The third-order valence-corrected chi connectivity index (χ3v) is 5.27. The van der Waals surface area contributed by atoms with Crippen molar-refractivity contribution in [3.05, 3.63) is 64.1 Å². The van der Waals surface area contributed by atoms with Gasteiger partial charge < -0.3 is 5.32 Å². The summed E-state index contributed by atoms with van der Waals surface area (Å²) in [6.45, 7) is 1.10. The van der Waals surface area contributed by atoms with E-state index in [4.69, 9.17) is 23.2 Å². The lowest BCUT2D eigenvalue weighted by atomic mass is 10.2. The number of sulfonamides is 1. The van der Waals surface area contributed by atoms with Gasteiger partial charge in [0, 0.05) is 18.7 Å². The largest absolute Gasteiger partial charge is 0.323 e. The number of hydrogen-bond acceptors (Lipinski definition) is 4. The highest BCUT2D eigenvalue weighted by Gasteiger charge is 2.15. The van der Waals surface area contributed by atoms with Gasteiger partial charge in [-0.05, 0) is 48.0 Å². The highest BCUT2D eigenvalue weighted by molar-refractivity contribution is 7.90. The molecule has 2 amide bonds. The Bertz CT molecular complexity index is 971. The van der Waals surface area contributed by atoms with Gasteiger partial charge >= 0.3 is 0 Å². The molecule has 6 nitrogen and oxygen atoms in total. The lowest BCUT2D eigenvalue weighted by molar-refractivity contribution is -0.117. The van der Waals surface area contributed by atoms with E-state index in [0.717, 1.165) is 6.92 Å². The summed E-state index contributed by atoms with van der Waals surface area (Å²) < 4.78 is 25.5. The molecule has 0 radical (unpaired) electrons. The van der Waals surface area contributed by atoms with Crippen molar-refractivity contribution in [3.8, 4) is 0 Å². The van der Waals surface area contributed by atoms with Crippen molar-refractivity contribution in [1.82, 2.24) is 4.72 Å². The summed E-state index contributed by atoms with van der Waals surface area (Å²) in [6, 6.07) is 10.3. The molecule has 0 aliphatic rings. The van der Waals surface area contributed by atoms with Crippen LogP contribution < -0.4 is 10.0 Å². The minimum atomic E-state index is -3.91. The quantitative estimate of drug-likeness (QED) is 0.735. The van der Waals surface area contributed by atoms with E-state index in [0.29, 0.717) is 21.3 Å². The molecule has 136 valence electrons. The molecular weight excluding hydrogens is 399 g/mol. The van der Waals surface area contributed by atoms with Crippen molar-refractivity contribution in [2.24, 2.45) is 0 Å². The number of nitrogens with one attached hydrogen (secondary N) is 2. The number of hydrogen-bond donors (Lipinski definition) is 2. The highest BCUT2D eigenvalue weighted by atomic mass is 35.5. The van der Waals surface area contributed by atoms with Crippen molar-refractivity contribution >= 4 is 56.8 Å². The first kappa shape index (κ1) is 20.0. The van der Waals surface area contributed by atoms with Gasteiger partial charge in [0.1, 0.15) is 0 Å². The van der Waals surface area contributed by atoms with E-state index < -0.39 is 21.8 Å². The van der Waals surface area contributed by atoms with Crippen LogP contribution in [0, 0.1) is 0 Å². The summed E-state index contributed by atoms with van der Waals surface area (Å²) in [5.74, 6) is -1.09. The second-order valence-corrected chi connectivity index (χ2v) is 7.68. The molecule has 0 fully saturated rings. The summed E-state index contributed by atoms with van der Waals surface area (Å²) in [5, 5.41) is 3.39. The fourth-order valence-electron chi connectivity index (χ4n) is 1.94. The zero-order chi connectivity index (χ0) is 19.3. The molecule has 0 atom stereocenters. The average molecular weight is 413 g/mol. The van der Waals surface area contributed by atoms with E-state index in [-0.39, 0.29) is 4.90 Å². The third-order valence-electron chi connectivity index (χ3n) is 3.08. The van der Waals surface area contributed by atoms with Crippen LogP contribution >= 0.6 is 23.2 Å². The number of rotatable bonds is 5. The van der Waals surface area contributed by atoms with Crippen molar-refractivity contribution in [1.29, 1.82) is 0 Å². The Hall–Kier alpha value is -2.35. The number of carbonyl (C=O) groups excluding carboxylic acids is 2. The molecule has 0 aliphatic carbocycles. The standard InChI is InChI=1S/C17H14Cl2N2O4S/c1-11(22)21-26(24,25)14-6-4-13(5-7-14)20-17(23)9-3-12-2-8-15(18)16(19)10-12/h2-10H,1H3,(H,20,23)(H,21,22)/b9-3+. The van der Waals surface area contributed by atoms with Crippen LogP contribution in [-0.4, -0.2) is 20.2 Å². The first-order chi connectivity index (χ1) is 12.2. The Morgan fingerprint density at radius 3 is 2.23 bits per heavy atom. The van der Waals surface area contributed by atoms with E-state index in [1.165, 1.54) is 30.3 Å². The second-order valence-electron chi connectivity index (χ2n) is 5.18. The van der Waals surface area contributed by atoms with E-state index in [1.807, 2.05) is 4.72 Å². The smallest absolute Gasteiger partial charge is 0.264 e. The normalized spacial score (nSPS) is 11.3. The Balaban J connectivity index is 2.04. The fraction of sp³-hybridized carbons (Fsp3) is 0.0588. The first-order valence-corrected chi connectivity index (χ1v) is 9.49. The number of anilines is 1. The minimum Gasteiger partial charge on any atom is -0.323 e. The van der Waals surface area contributed by atoms with E-state index in [9.17, 15) is 18.0 Å². The molecule has 2 aromatic carbocycles. The fourth-order valence-corrected chi connectivity index (χ4v) is 3.23. The van der Waals surface area contributed by atoms with Gasteiger partial charge in [0.05, 0.1) is 14.9 Å². The van der Waals surface area contributed by atoms with Gasteiger partial charge in [-0.2, -0.15) is 0 Å². The van der Waals surface area contributed by atoms with Crippen LogP contribution in [0.25, 0.3) is 6.08 Å². The van der Waals surface area contributed by atoms with Crippen LogP contribution in [0.3, 0.4) is 0 Å². The van der Waals surface area contributed by atoms with Crippen LogP contribution in [0.4, 0.5) is 5.69 Å². The molecule has 0 aromatic heterocycles. The summed E-state index contributed by atoms with van der Waals surface area (Å²) in [6.07, 6.45) is 2.87. The monoisotopic (exact) mass is 412 g/mol. The summed E-state index contributed by atoms with van der Waals surface area (Å²) >= 11 is 11.7. The number of amides is 2. The van der Waals surface area contributed by atoms with Crippen LogP contribution in [0.5, 0.6) is 0 Å². The van der Waals surface area contributed by atoms with Gasteiger partial charge in [0.15, 0.2) is 0 Å². The van der Waals surface area contributed by atoms with Crippen LogP contribution in [0.1, 0.15) is 12.5 Å². The van der Waals surface area contributed by atoms with Crippen LogP contribution in [0.2, 0.25) is 10.0 Å². The molecule has 0 unspecified atom stereocenters. The molecule has 0 spiro atoms. The molecular formula is C17H14Cl2N2O4S. The summed E-state index contributed by atoms with van der Waals surface area (Å²) in [7, 11) is -3.91. The zero-order valence-corrected chi connectivity index (χ0v) is 15.8. The summed E-state index contributed by atoms with van der Waals surface area (Å²) in [4.78, 5) is 22.7. The predicted molar refractivity (Wildman–Crippen MR) is 102 cm³/mol. The molecule has 2 aromatic rings. The maximum absolute atomic E-state index is 11.9. The van der Waals surface area contributed by atoms with Crippen LogP contribution in [-0.2, 0) is 19.6 Å². The van der Waals surface area contributed by atoms with Gasteiger partial charge in [0.2, 0.25) is 11.8 Å². The number of benzene rings is 2. The van der Waals surface area contributed by atoms with Gasteiger partial charge in [-0.1, -0.05) is 29.3 Å². The molecule has 0 saturated heterocycles. The zero-order valence-electron chi connectivity index (χ0n) is 13.5. The van der Waals surface area contributed by atoms with Gasteiger partial charge in [-0.25, -0.2) is 13.1 Å². The van der Waals surface area contributed by atoms with Gasteiger partial charge in [-0.15, -0.1) is 0 Å². The Labute approximate surface area is 160 Å². The SMILES string of the molecule is CC(=O)NS(=O)(=O)c1ccc(NC(=O)/C=C/c2ccc(Cl)c(Cl)c2)cc1. The molecule has 9 heteroatoms. The Morgan fingerprint density at radius 1 is 1.00 bits per heavy atom. The molecule has 0 saturated carbocycles. The van der Waals surface area contributed by atoms with E-state index in [1.54, 1.807) is 24.3 Å². The van der Waals surface area contributed by atoms with Crippen molar-refractivity contribution in [2.45, 2.75) is 11.8 Å². The van der Waals surface area contributed by atoms with Crippen molar-refractivity contribution < 1.29 is 18.0 Å². The van der Waals surface area contributed by atoms with Crippen LogP contribution in [0.15, 0.2) is 53.4 Å². The highest BCUT2D eigenvalue weighted by Crippen LogP contribution is 2.23. The Kier molecular flexibility index (Phi) is 6.42. The van der Waals surface area contributed by atoms with E-state index in [2.05, 4.69) is 5.32 Å². The number of carbonyl (C=O) groups is 2. The lowest BCUT2D eigenvalue weighted by Gasteiger charge is -2.06. The molecule has 0 bridgehead atoms. The minimum absolute atomic E-state index is 0.0861. The summed E-state index contributed by atoms with van der Waals surface area (Å²) in [5.41, 5.74) is 1.10. The molecule has 0 heterocycles. The topological polar surface area (TPSA) is 92.3 Å². The van der Waals surface area contributed by atoms with E-state index >= 15 is 0 Å². The molecule has 0 aliphatic heterocycles. The maximum Gasteiger partial charge on any atom is 0.264 e.